The van der Waals surface area contributed by atoms with E-state index in [1.807, 2.05) is 31.2 Å². The van der Waals surface area contributed by atoms with Gasteiger partial charge >= 0.3 is 0 Å². The van der Waals surface area contributed by atoms with Crippen molar-refractivity contribution in [1.82, 2.24) is 5.32 Å². The van der Waals surface area contributed by atoms with Crippen LogP contribution in [-0.4, -0.2) is 28.0 Å². The summed E-state index contributed by atoms with van der Waals surface area (Å²) in [5.74, 6) is -0.0505. The lowest BCUT2D eigenvalue weighted by Crippen LogP contribution is -2.41. The lowest BCUT2D eigenvalue weighted by atomic mass is 10.1. The number of para-hydroxylation sites is 2. The number of methoxy groups -OCH3 is 1. The highest BCUT2D eigenvalue weighted by Gasteiger charge is 2.29. The molecule has 1 atom stereocenters. The van der Waals surface area contributed by atoms with Gasteiger partial charge in [-0.15, -0.1) is 0 Å². The van der Waals surface area contributed by atoms with E-state index in [0.717, 1.165) is 16.3 Å². The van der Waals surface area contributed by atoms with E-state index >= 15 is 0 Å². The molecular formula is C25H28N2O4S. The zero-order valence-electron chi connectivity index (χ0n) is 18.5. The topological polar surface area (TPSA) is 75.7 Å². The van der Waals surface area contributed by atoms with Crippen LogP contribution in [0, 0.1) is 0 Å². The van der Waals surface area contributed by atoms with Gasteiger partial charge in [-0.1, -0.05) is 61.5 Å². The average Bonchev–Trinajstić information content (AvgIpc) is 2.83. The molecule has 3 rings (SSSR count). The number of hydrogen-bond acceptors (Lipinski definition) is 4. The van der Waals surface area contributed by atoms with Gasteiger partial charge in [-0.3, -0.25) is 9.10 Å². The Morgan fingerprint density at radius 3 is 2.22 bits per heavy atom. The van der Waals surface area contributed by atoms with E-state index in [1.165, 1.54) is 24.8 Å². The molecule has 1 unspecified atom stereocenters. The van der Waals surface area contributed by atoms with Gasteiger partial charge in [-0.25, -0.2) is 8.42 Å². The summed E-state index contributed by atoms with van der Waals surface area (Å²) in [6.45, 7) is 3.58. The van der Waals surface area contributed by atoms with E-state index in [0.29, 0.717) is 11.4 Å². The first kappa shape index (κ1) is 23.3. The number of hydrogen-bond donors (Lipinski definition) is 1. The number of carbonyl (C=O) groups is 1. The molecule has 32 heavy (non-hydrogen) atoms. The molecule has 0 aromatic heterocycles. The molecule has 1 N–H and O–H groups in total. The highest BCUT2D eigenvalue weighted by molar-refractivity contribution is 7.92. The average molecular weight is 453 g/mol. The maximum absolute atomic E-state index is 13.5. The third-order valence-electron chi connectivity index (χ3n) is 5.24. The molecule has 0 radical (unpaired) electrons. The lowest BCUT2D eigenvalue weighted by molar-refractivity contribution is -0.120. The van der Waals surface area contributed by atoms with Crippen LogP contribution in [0.25, 0.3) is 0 Å². The van der Waals surface area contributed by atoms with Crippen molar-refractivity contribution < 1.29 is 17.9 Å². The fourth-order valence-corrected chi connectivity index (χ4v) is 4.85. The highest BCUT2D eigenvalue weighted by Crippen LogP contribution is 2.32. The van der Waals surface area contributed by atoms with Crippen LogP contribution >= 0.6 is 0 Å². The van der Waals surface area contributed by atoms with Gasteiger partial charge in [0, 0.05) is 0 Å². The number of aryl methyl sites for hydroxylation is 1. The molecule has 0 fully saturated rings. The zero-order valence-corrected chi connectivity index (χ0v) is 19.3. The van der Waals surface area contributed by atoms with E-state index in [2.05, 4.69) is 12.2 Å². The third-order valence-corrected chi connectivity index (χ3v) is 7.01. The number of ether oxygens (including phenoxy) is 1. The predicted octanol–water partition coefficient (Wildman–Crippen LogP) is 4.33. The minimum Gasteiger partial charge on any atom is -0.495 e. The molecule has 0 aliphatic carbocycles. The van der Waals surface area contributed by atoms with E-state index < -0.39 is 15.9 Å². The lowest BCUT2D eigenvalue weighted by Gasteiger charge is -2.26. The van der Waals surface area contributed by atoms with Crippen molar-refractivity contribution in [1.29, 1.82) is 0 Å². The molecular weight excluding hydrogens is 424 g/mol. The van der Waals surface area contributed by atoms with E-state index in [1.54, 1.807) is 42.5 Å². The van der Waals surface area contributed by atoms with Crippen molar-refractivity contribution in [3.05, 3.63) is 90.0 Å². The Hall–Kier alpha value is -3.32. The number of carbonyl (C=O) groups excluding carboxylic acids is 1. The van der Waals surface area contributed by atoms with E-state index in [4.69, 9.17) is 4.74 Å². The van der Waals surface area contributed by atoms with Crippen LogP contribution in [0.15, 0.2) is 83.8 Å². The van der Waals surface area contributed by atoms with Gasteiger partial charge in [0.25, 0.3) is 10.0 Å². The van der Waals surface area contributed by atoms with Gasteiger partial charge in [0.1, 0.15) is 12.3 Å². The van der Waals surface area contributed by atoms with Gasteiger partial charge in [-0.05, 0) is 48.7 Å². The Balaban J connectivity index is 1.89. The van der Waals surface area contributed by atoms with Crippen LogP contribution < -0.4 is 14.4 Å². The summed E-state index contributed by atoms with van der Waals surface area (Å²) in [6.07, 6.45) is 0.937. The molecule has 0 aliphatic heterocycles. The molecule has 1 amide bonds. The molecule has 0 aliphatic rings. The monoisotopic (exact) mass is 452 g/mol. The molecule has 3 aromatic rings. The van der Waals surface area contributed by atoms with Crippen molar-refractivity contribution in [2.45, 2.75) is 31.2 Å². The molecule has 0 bridgehead atoms. The van der Waals surface area contributed by atoms with Crippen LogP contribution in [0.5, 0.6) is 5.75 Å². The number of amides is 1. The Bertz CT molecular complexity index is 1150. The summed E-state index contributed by atoms with van der Waals surface area (Å²) >= 11 is 0. The van der Waals surface area contributed by atoms with Gasteiger partial charge in [0.2, 0.25) is 5.91 Å². The summed E-state index contributed by atoms with van der Waals surface area (Å²) < 4.78 is 33.4. The van der Waals surface area contributed by atoms with Gasteiger partial charge < -0.3 is 10.1 Å². The Kier molecular flexibility index (Phi) is 7.53. The summed E-state index contributed by atoms with van der Waals surface area (Å²) in [5.41, 5.74) is 2.46. The molecule has 3 aromatic carbocycles. The van der Waals surface area contributed by atoms with Crippen LogP contribution in [-0.2, 0) is 21.2 Å². The van der Waals surface area contributed by atoms with Crippen molar-refractivity contribution in [3.63, 3.8) is 0 Å². The zero-order chi connectivity index (χ0) is 23.1. The van der Waals surface area contributed by atoms with Gasteiger partial charge in [0.15, 0.2) is 0 Å². The fourth-order valence-electron chi connectivity index (χ4n) is 3.40. The van der Waals surface area contributed by atoms with Crippen molar-refractivity contribution >= 4 is 21.6 Å². The first-order valence-electron chi connectivity index (χ1n) is 10.5. The molecule has 0 spiro atoms. The van der Waals surface area contributed by atoms with Crippen molar-refractivity contribution in [2.24, 2.45) is 0 Å². The molecule has 0 heterocycles. The number of benzene rings is 3. The quantitative estimate of drug-likeness (QED) is 0.524. The summed E-state index contributed by atoms with van der Waals surface area (Å²) in [6, 6.07) is 22.5. The molecule has 168 valence electrons. The first-order valence-corrected chi connectivity index (χ1v) is 11.9. The highest BCUT2D eigenvalue weighted by atomic mass is 32.2. The first-order chi connectivity index (χ1) is 15.4. The second kappa shape index (κ2) is 10.3. The van der Waals surface area contributed by atoms with Crippen molar-refractivity contribution in [3.8, 4) is 5.75 Å². The number of rotatable bonds is 9. The number of nitrogens with zero attached hydrogens (tertiary/aromatic N) is 1. The maximum atomic E-state index is 13.5. The van der Waals surface area contributed by atoms with Crippen LogP contribution in [0.4, 0.5) is 5.69 Å². The Labute approximate surface area is 189 Å². The number of anilines is 1. The fraction of sp³-hybridized carbons (Fsp3) is 0.240. The normalized spacial score (nSPS) is 12.1. The smallest absolute Gasteiger partial charge is 0.264 e. The summed E-state index contributed by atoms with van der Waals surface area (Å²) in [4.78, 5) is 13.1. The maximum Gasteiger partial charge on any atom is 0.264 e. The predicted molar refractivity (Wildman–Crippen MR) is 126 cm³/mol. The Morgan fingerprint density at radius 2 is 1.59 bits per heavy atom. The molecule has 0 saturated heterocycles. The molecule has 0 saturated carbocycles. The van der Waals surface area contributed by atoms with Crippen LogP contribution in [0.1, 0.15) is 31.0 Å². The Morgan fingerprint density at radius 1 is 0.969 bits per heavy atom. The minimum absolute atomic E-state index is 0.0990. The number of nitrogens with one attached hydrogen (secondary N) is 1. The second-order valence-electron chi connectivity index (χ2n) is 7.38. The third kappa shape index (κ3) is 5.29. The number of sulfonamides is 1. The van der Waals surface area contributed by atoms with Gasteiger partial charge in [0.05, 0.1) is 23.7 Å². The second-order valence-corrected chi connectivity index (χ2v) is 9.24. The SMILES string of the molecule is CCc1ccc(C(C)NC(=O)CN(c2ccccc2OC)S(=O)(=O)c2ccccc2)cc1. The van der Waals surface area contributed by atoms with E-state index in [9.17, 15) is 13.2 Å². The summed E-state index contributed by atoms with van der Waals surface area (Å²) in [5, 5.41) is 2.91. The summed E-state index contributed by atoms with van der Waals surface area (Å²) in [7, 11) is -2.53. The standard InChI is InChI=1S/C25H28N2O4S/c1-4-20-14-16-21(17-15-20)19(2)26-25(28)18-27(23-12-8-9-13-24(23)31-3)32(29,30)22-10-6-5-7-11-22/h5-17,19H,4,18H2,1-3H3,(H,26,28). The largest absolute Gasteiger partial charge is 0.495 e. The molecule has 7 heteroatoms. The van der Waals surface area contributed by atoms with E-state index in [-0.39, 0.29) is 17.5 Å². The molecule has 6 nitrogen and oxygen atoms in total. The van der Waals surface area contributed by atoms with Crippen LogP contribution in [0.3, 0.4) is 0 Å². The van der Waals surface area contributed by atoms with Gasteiger partial charge in [-0.2, -0.15) is 0 Å². The minimum atomic E-state index is -4.00. The van der Waals surface area contributed by atoms with Crippen LogP contribution in [0.2, 0.25) is 0 Å². The van der Waals surface area contributed by atoms with Crippen molar-refractivity contribution in [2.75, 3.05) is 18.0 Å².